The topological polar surface area (TPSA) is 25.8 Å². The average Bonchev–Trinajstić information content (AvgIpc) is 2.61. The van der Waals surface area contributed by atoms with Gasteiger partial charge in [-0.05, 0) is 40.6 Å². The highest BCUT2D eigenvalue weighted by atomic mass is 19.1. The lowest BCUT2D eigenvalue weighted by atomic mass is 9.93. The van der Waals surface area contributed by atoms with E-state index in [-0.39, 0.29) is 5.82 Å². The molecule has 5 rings (SSSR count). The standard InChI is InChI=1S/C21H13FN2/c1-12-23-11-19-20-15-5-3-2-4-13(15)6-8-17(20)16-9-7-14(22)10-18(16)21(19)24-12/h2-11H,1H3. The van der Waals surface area contributed by atoms with E-state index in [9.17, 15) is 4.39 Å². The number of hydrogen-bond acceptors (Lipinski definition) is 2. The van der Waals surface area contributed by atoms with Gasteiger partial charge in [0, 0.05) is 22.4 Å². The molecule has 0 fully saturated rings. The predicted octanol–water partition coefficient (Wildman–Crippen LogP) is 5.54. The van der Waals surface area contributed by atoms with Crippen LogP contribution in [0.3, 0.4) is 0 Å². The second-order valence-corrected chi connectivity index (χ2v) is 6.08. The molecule has 0 saturated carbocycles. The predicted molar refractivity (Wildman–Crippen MR) is 96.8 cm³/mol. The average molecular weight is 312 g/mol. The molecule has 0 aliphatic rings. The Morgan fingerprint density at radius 1 is 0.792 bits per heavy atom. The molecule has 0 radical (unpaired) electrons. The molecule has 0 amide bonds. The van der Waals surface area contributed by atoms with Crippen molar-refractivity contribution in [3.8, 4) is 0 Å². The largest absolute Gasteiger partial charge is 0.241 e. The highest BCUT2D eigenvalue weighted by Crippen LogP contribution is 2.37. The molecular formula is C21H13FN2. The zero-order chi connectivity index (χ0) is 16.3. The minimum atomic E-state index is -0.250. The van der Waals surface area contributed by atoms with Crippen LogP contribution in [0.1, 0.15) is 5.82 Å². The van der Waals surface area contributed by atoms with Gasteiger partial charge in [-0.25, -0.2) is 14.4 Å². The van der Waals surface area contributed by atoms with Gasteiger partial charge in [-0.2, -0.15) is 0 Å². The molecule has 2 nitrogen and oxygen atoms in total. The molecule has 0 atom stereocenters. The molecule has 0 aliphatic carbocycles. The molecule has 4 aromatic carbocycles. The van der Waals surface area contributed by atoms with Crippen LogP contribution in [0.2, 0.25) is 0 Å². The summed E-state index contributed by atoms with van der Waals surface area (Å²) in [5, 5.41) is 7.38. The van der Waals surface area contributed by atoms with Gasteiger partial charge in [0.15, 0.2) is 0 Å². The summed E-state index contributed by atoms with van der Waals surface area (Å²) >= 11 is 0. The first-order chi connectivity index (χ1) is 11.7. The third-order valence-corrected chi connectivity index (χ3v) is 4.63. The van der Waals surface area contributed by atoms with Crippen molar-refractivity contribution < 1.29 is 4.39 Å². The second-order valence-electron chi connectivity index (χ2n) is 6.08. The van der Waals surface area contributed by atoms with E-state index in [4.69, 9.17) is 0 Å². The molecule has 0 saturated heterocycles. The van der Waals surface area contributed by atoms with E-state index in [1.807, 2.05) is 31.3 Å². The van der Waals surface area contributed by atoms with Gasteiger partial charge in [0.1, 0.15) is 11.6 Å². The highest BCUT2D eigenvalue weighted by Gasteiger charge is 2.13. The van der Waals surface area contributed by atoms with Crippen molar-refractivity contribution >= 4 is 43.2 Å². The lowest BCUT2D eigenvalue weighted by Crippen LogP contribution is -1.92. The van der Waals surface area contributed by atoms with Crippen molar-refractivity contribution in [1.29, 1.82) is 0 Å². The molecule has 5 aromatic rings. The van der Waals surface area contributed by atoms with E-state index < -0.39 is 0 Å². The summed E-state index contributed by atoms with van der Waals surface area (Å²) in [6.07, 6.45) is 1.86. The Kier molecular flexibility index (Phi) is 2.63. The molecule has 1 heterocycles. The molecule has 24 heavy (non-hydrogen) atoms. The summed E-state index contributed by atoms with van der Waals surface area (Å²) in [7, 11) is 0. The Bertz CT molecular complexity index is 1280. The highest BCUT2D eigenvalue weighted by molar-refractivity contribution is 6.30. The maximum atomic E-state index is 13.9. The Balaban J connectivity index is 2.20. The monoisotopic (exact) mass is 312 g/mol. The van der Waals surface area contributed by atoms with Crippen molar-refractivity contribution in [2.75, 3.05) is 0 Å². The number of fused-ring (bicyclic) bond motifs is 8. The maximum absolute atomic E-state index is 13.9. The summed E-state index contributed by atoms with van der Waals surface area (Å²) in [6.45, 7) is 1.86. The number of halogens is 1. The van der Waals surface area contributed by atoms with Crippen LogP contribution in [0.4, 0.5) is 4.39 Å². The van der Waals surface area contributed by atoms with Gasteiger partial charge < -0.3 is 0 Å². The van der Waals surface area contributed by atoms with Crippen molar-refractivity contribution in [2.24, 2.45) is 0 Å². The van der Waals surface area contributed by atoms with Gasteiger partial charge in [0.05, 0.1) is 5.52 Å². The lowest BCUT2D eigenvalue weighted by Gasteiger charge is -2.12. The van der Waals surface area contributed by atoms with E-state index in [1.54, 1.807) is 6.07 Å². The molecule has 0 unspecified atom stereocenters. The van der Waals surface area contributed by atoms with Crippen LogP contribution in [0.25, 0.3) is 43.2 Å². The number of nitrogens with zero attached hydrogens (tertiary/aromatic N) is 2. The van der Waals surface area contributed by atoms with Gasteiger partial charge in [0.25, 0.3) is 0 Å². The summed E-state index contributed by atoms with van der Waals surface area (Å²) in [5.41, 5.74) is 0.806. The van der Waals surface area contributed by atoms with E-state index >= 15 is 0 Å². The van der Waals surface area contributed by atoms with Crippen LogP contribution in [0.15, 0.2) is 60.8 Å². The fraction of sp³-hybridized carbons (Fsp3) is 0.0476. The fourth-order valence-corrected chi connectivity index (χ4v) is 3.59. The second kappa shape index (κ2) is 4.71. The van der Waals surface area contributed by atoms with Crippen LogP contribution in [-0.4, -0.2) is 9.97 Å². The van der Waals surface area contributed by atoms with Crippen LogP contribution < -0.4 is 0 Å². The molecule has 0 aliphatic heterocycles. The lowest BCUT2D eigenvalue weighted by molar-refractivity contribution is 0.630. The summed E-state index contributed by atoms with van der Waals surface area (Å²) in [6, 6.07) is 17.4. The Morgan fingerprint density at radius 2 is 1.62 bits per heavy atom. The van der Waals surface area contributed by atoms with Crippen LogP contribution in [0, 0.1) is 12.7 Å². The van der Waals surface area contributed by atoms with Gasteiger partial charge in [0.2, 0.25) is 0 Å². The van der Waals surface area contributed by atoms with Crippen LogP contribution >= 0.6 is 0 Å². The number of aromatic nitrogens is 2. The summed E-state index contributed by atoms with van der Waals surface area (Å²) in [5.74, 6) is 0.438. The number of rotatable bonds is 0. The minimum Gasteiger partial charge on any atom is -0.241 e. The zero-order valence-corrected chi connectivity index (χ0v) is 13.0. The quantitative estimate of drug-likeness (QED) is 0.351. The van der Waals surface area contributed by atoms with Crippen molar-refractivity contribution in [3.63, 3.8) is 0 Å². The Labute approximate surface area is 137 Å². The molecule has 0 N–H and O–H groups in total. The maximum Gasteiger partial charge on any atom is 0.125 e. The van der Waals surface area contributed by atoms with E-state index in [1.165, 1.54) is 16.8 Å². The molecule has 0 bridgehead atoms. The van der Waals surface area contributed by atoms with E-state index in [0.717, 1.165) is 32.4 Å². The Hall–Kier alpha value is -3.07. The Morgan fingerprint density at radius 3 is 2.54 bits per heavy atom. The molecule has 114 valence electrons. The van der Waals surface area contributed by atoms with Gasteiger partial charge in [-0.1, -0.05) is 42.5 Å². The van der Waals surface area contributed by atoms with Crippen molar-refractivity contribution in [3.05, 3.63) is 72.4 Å². The first-order valence-electron chi connectivity index (χ1n) is 7.88. The van der Waals surface area contributed by atoms with Crippen molar-refractivity contribution in [2.45, 2.75) is 6.92 Å². The molecule has 3 heteroatoms. The zero-order valence-electron chi connectivity index (χ0n) is 13.0. The third-order valence-electron chi connectivity index (χ3n) is 4.63. The first kappa shape index (κ1) is 13.4. The van der Waals surface area contributed by atoms with Crippen LogP contribution in [0.5, 0.6) is 0 Å². The van der Waals surface area contributed by atoms with E-state index in [0.29, 0.717) is 5.82 Å². The third kappa shape index (κ3) is 1.75. The SMILES string of the molecule is Cc1ncc2c(n1)c1cc(F)ccc1c1ccc3ccccc3c12. The minimum absolute atomic E-state index is 0.250. The first-order valence-corrected chi connectivity index (χ1v) is 7.88. The number of hydrogen-bond donors (Lipinski definition) is 0. The van der Waals surface area contributed by atoms with E-state index in [2.05, 4.69) is 34.2 Å². The number of benzene rings is 4. The van der Waals surface area contributed by atoms with Gasteiger partial charge in [-0.15, -0.1) is 0 Å². The fourth-order valence-electron chi connectivity index (χ4n) is 3.59. The smallest absolute Gasteiger partial charge is 0.125 e. The molecule has 0 spiro atoms. The molecule has 1 aromatic heterocycles. The summed E-state index contributed by atoms with van der Waals surface area (Å²) < 4.78 is 13.9. The molecular weight excluding hydrogens is 299 g/mol. The van der Waals surface area contributed by atoms with Crippen LogP contribution in [-0.2, 0) is 0 Å². The van der Waals surface area contributed by atoms with Gasteiger partial charge >= 0.3 is 0 Å². The van der Waals surface area contributed by atoms with Crippen molar-refractivity contribution in [1.82, 2.24) is 9.97 Å². The normalized spacial score (nSPS) is 11.8. The van der Waals surface area contributed by atoms with Gasteiger partial charge in [-0.3, -0.25) is 0 Å². The number of aryl methyl sites for hydroxylation is 1. The summed E-state index contributed by atoms with van der Waals surface area (Å²) in [4.78, 5) is 9.01.